The number of hydrogen-bond donors (Lipinski definition) is 0. The van der Waals surface area contributed by atoms with Crippen LogP contribution >= 0.6 is 0 Å². The van der Waals surface area contributed by atoms with E-state index in [9.17, 15) is 0 Å². The van der Waals surface area contributed by atoms with Gasteiger partial charge in [0.1, 0.15) is 6.17 Å². The average Bonchev–Trinajstić information content (AvgIpc) is 2.59. The van der Waals surface area contributed by atoms with Crippen LogP contribution in [0.1, 0.15) is 31.3 Å². The zero-order valence-corrected chi connectivity index (χ0v) is 10.4. The second-order valence-electron chi connectivity index (χ2n) is 4.38. The largest absolute Gasteiger partial charge is 0.356 e. The molecule has 0 saturated heterocycles. The minimum atomic E-state index is 0.215. The summed E-state index contributed by atoms with van der Waals surface area (Å²) in [5, 5.41) is 4.48. The maximum Gasteiger partial charge on any atom is 0.141 e. The summed E-state index contributed by atoms with van der Waals surface area (Å²) in [5.41, 5.74) is 3.87. The molecule has 0 spiro atoms. The molecule has 0 N–H and O–H groups in total. The maximum absolute atomic E-state index is 4.48. The molecule has 1 atom stereocenters. The molecule has 1 unspecified atom stereocenters. The zero-order valence-electron chi connectivity index (χ0n) is 10.4. The van der Waals surface area contributed by atoms with E-state index < -0.39 is 0 Å². The van der Waals surface area contributed by atoms with E-state index in [1.54, 1.807) is 0 Å². The van der Waals surface area contributed by atoms with E-state index in [2.05, 4.69) is 60.9 Å². The van der Waals surface area contributed by atoms with Gasteiger partial charge in [-0.25, -0.2) is 4.68 Å². The molecule has 0 bridgehead atoms. The molecule has 3 heteroatoms. The molecule has 0 saturated carbocycles. The molecule has 0 fully saturated rings. The SMILES string of the molecule is CCc1c(C)cnn1C1C=CC(C)=CN1C. The second kappa shape index (κ2) is 4.16. The first kappa shape index (κ1) is 11.0. The van der Waals surface area contributed by atoms with Gasteiger partial charge < -0.3 is 4.90 Å². The van der Waals surface area contributed by atoms with Crippen LogP contribution in [0.3, 0.4) is 0 Å². The zero-order chi connectivity index (χ0) is 11.7. The minimum Gasteiger partial charge on any atom is -0.356 e. The second-order valence-corrected chi connectivity index (χ2v) is 4.38. The molecule has 0 aromatic carbocycles. The highest BCUT2D eigenvalue weighted by molar-refractivity contribution is 5.23. The monoisotopic (exact) mass is 217 g/mol. The Labute approximate surface area is 97.1 Å². The standard InChI is InChI=1S/C13H19N3/c1-5-12-11(3)8-14-16(12)13-7-6-10(2)9-15(13)4/h6-9,13H,5H2,1-4H3. The van der Waals surface area contributed by atoms with Crippen LogP contribution in [0.5, 0.6) is 0 Å². The summed E-state index contributed by atoms with van der Waals surface area (Å²) in [6.45, 7) is 6.41. The van der Waals surface area contributed by atoms with Crippen molar-refractivity contribution in [3.05, 3.63) is 41.4 Å². The van der Waals surface area contributed by atoms with Crippen molar-refractivity contribution in [3.8, 4) is 0 Å². The van der Waals surface area contributed by atoms with Crippen molar-refractivity contribution in [3.63, 3.8) is 0 Å². The first-order chi connectivity index (χ1) is 7.63. The normalized spacial score (nSPS) is 20.1. The molecule has 0 amide bonds. The van der Waals surface area contributed by atoms with Crippen molar-refractivity contribution in [2.75, 3.05) is 7.05 Å². The third-order valence-electron chi connectivity index (χ3n) is 3.05. The van der Waals surface area contributed by atoms with E-state index in [0.717, 1.165) is 6.42 Å². The van der Waals surface area contributed by atoms with E-state index >= 15 is 0 Å². The van der Waals surface area contributed by atoms with Gasteiger partial charge in [-0.1, -0.05) is 13.0 Å². The van der Waals surface area contributed by atoms with Gasteiger partial charge in [-0.3, -0.25) is 0 Å². The van der Waals surface area contributed by atoms with Crippen molar-refractivity contribution >= 4 is 0 Å². The fraction of sp³-hybridized carbons (Fsp3) is 0.462. The molecule has 86 valence electrons. The van der Waals surface area contributed by atoms with Gasteiger partial charge in [-0.05, 0) is 37.5 Å². The van der Waals surface area contributed by atoms with Gasteiger partial charge in [0, 0.05) is 18.9 Å². The summed E-state index contributed by atoms with van der Waals surface area (Å²) in [5.74, 6) is 0. The predicted molar refractivity (Wildman–Crippen MR) is 66.0 cm³/mol. The third-order valence-corrected chi connectivity index (χ3v) is 3.05. The highest BCUT2D eigenvalue weighted by atomic mass is 15.4. The molecule has 0 aliphatic carbocycles. The van der Waals surface area contributed by atoms with E-state index in [-0.39, 0.29) is 6.17 Å². The van der Waals surface area contributed by atoms with Crippen molar-refractivity contribution in [2.45, 2.75) is 33.4 Å². The van der Waals surface area contributed by atoms with Gasteiger partial charge in [-0.15, -0.1) is 0 Å². The van der Waals surface area contributed by atoms with E-state index in [1.807, 2.05) is 6.20 Å². The van der Waals surface area contributed by atoms with Crippen LogP contribution in [0.2, 0.25) is 0 Å². The molecular formula is C13H19N3. The predicted octanol–water partition coefficient (Wildman–Crippen LogP) is 2.66. The smallest absolute Gasteiger partial charge is 0.141 e. The summed E-state index contributed by atoms with van der Waals surface area (Å²) in [6.07, 6.45) is 9.69. The van der Waals surface area contributed by atoms with Gasteiger partial charge in [-0.2, -0.15) is 5.10 Å². The fourth-order valence-corrected chi connectivity index (χ4v) is 2.21. The molecule has 3 nitrogen and oxygen atoms in total. The van der Waals surface area contributed by atoms with Crippen LogP contribution in [0.4, 0.5) is 0 Å². The van der Waals surface area contributed by atoms with Crippen LogP contribution in [0.25, 0.3) is 0 Å². The molecule has 2 rings (SSSR count). The Morgan fingerprint density at radius 1 is 1.38 bits per heavy atom. The summed E-state index contributed by atoms with van der Waals surface area (Å²) in [4.78, 5) is 2.20. The molecule has 16 heavy (non-hydrogen) atoms. The average molecular weight is 217 g/mol. The highest BCUT2D eigenvalue weighted by Gasteiger charge is 2.18. The van der Waals surface area contributed by atoms with Gasteiger partial charge in [0.25, 0.3) is 0 Å². The lowest BCUT2D eigenvalue weighted by Gasteiger charge is -2.29. The Balaban J connectivity index is 2.35. The first-order valence-corrected chi connectivity index (χ1v) is 5.75. The van der Waals surface area contributed by atoms with Crippen molar-refractivity contribution in [1.82, 2.24) is 14.7 Å². The van der Waals surface area contributed by atoms with Gasteiger partial charge in [0.15, 0.2) is 0 Å². The van der Waals surface area contributed by atoms with Crippen LogP contribution < -0.4 is 0 Å². The van der Waals surface area contributed by atoms with Gasteiger partial charge in [0.2, 0.25) is 0 Å². The maximum atomic E-state index is 4.48. The molecule has 1 aromatic rings. The van der Waals surface area contributed by atoms with Gasteiger partial charge >= 0.3 is 0 Å². The van der Waals surface area contributed by atoms with Gasteiger partial charge in [0.05, 0.1) is 6.20 Å². The van der Waals surface area contributed by atoms with E-state index in [1.165, 1.54) is 16.8 Å². The summed E-state index contributed by atoms with van der Waals surface area (Å²) in [6, 6.07) is 0. The lowest BCUT2D eigenvalue weighted by Crippen LogP contribution is -2.27. The number of allylic oxidation sites excluding steroid dienone is 2. The quantitative estimate of drug-likeness (QED) is 0.759. The molecule has 0 radical (unpaired) electrons. The summed E-state index contributed by atoms with van der Waals surface area (Å²) in [7, 11) is 2.09. The third kappa shape index (κ3) is 1.77. The number of aromatic nitrogens is 2. The number of likely N-dealkylation sites (N-methyl/N-ethyl adjacent to an activating group) is 1. The molecule has 1 aromatic heterocycles. The van der Waals surface area contributed by atoms with E-state index in [0.29, 0.717) is 0 Å². The topological polar surface area (TPSA) is 21.1 Å². The van der Waals surface area contributed by atoms with Crippen molar-refractivity contribution in [2.24, 2.45) is 0 Å². The minimum absolute atomic E-state index is 0.215. The van der Waals surface area contributed by atoms with E-state index in [4.69, 9.17) is 0 Å². The van der Waals surface area contributed by atoms with Crippen LogP contribution in [0.15, 0.2) is 30.1 Å². The molecule has 2 heterocycles. The Bertz CT molecular complexity index is 440. The van der Waals surface area contributed by atoms with Crippen molar-refractivity contribution < 1.29 is 0 Å². The molecule has 1 aliphatic heterocycles. The van der Waals surface area contributed by atoms with Crippen LogP contribution in [0, 0.1) is 6.92 Å². The molecule has 1 aliphatic rings. The molecular weight excluding hydrogens is 198 g/mol. The number of nitrogens with zero attached hydrogens (tertiary/aromatic N) is 3. The lowest BCUT2D eigenvalue weighted by atomic mass is 10.2. The first-order valence-electron chi connectivity index (χ1n) is 5.75. The Kier molecular flexibility index (Phi) is 2.86. The number of hydrogen-bond acceptors (Lipinski definition) is 2. The Morgan fingerprint density at radius 2 is 2.12 bits per heavy atom. The number of aryl methyl sites for hydroxylation is 1. The number of rotatable bonds is 2. The van der Waals surface area contributed by atoms with Crippen molar-refractivity contribution in [1.29, 1.82) is 0 Å². The highest BCUT2D eigenvalue weighted by Crippen LogP contribution is 2.23. The fourth-order valence-electron chi connectivity index (χ4n) is 2.21. The Morgan fingerprint density at radius 3 is 2.75 bits per heavy atom. The van der Waals surface area contributed by atoms with Crippen LogP contribution in [-0.4, -0.2) is 21.7 Å². The summed E-state index contributed by atoms with van der Waals surface area (Å²) >= 11 is 0. The summed E-state index contributed by atoms with van der Waals surface area (Å²) < 4.78 is 2.11. The lowest BCUT2D eigenvalue weighted by molar-refractivity contribution is 0.271. The van der Waals surface area contributed by atoms with Crippen LogP contribution in [-0.2, 0) is 6.42 Å². The Hall–Kier alpha value is -1.51.